The lowest BCUT2D eigenvalue weighted by molar-refractivity contribution is -0.146. The van der Waals surface area contributed by atoms with E-state index in [2.05, 4.69) is 15.2 Å². The van der Waals surface area contributed by atoms with Crippen molar-refractivity contribution in [1.29, 1.82) is 0 Å². The average Bonchev–Trinajstić information content (AvgIpc) is 2.86. The Morgan fingerprint density at radius 1 is 1.29 bits per heavy atom. The van der Waals surface area contributed by atoms with Gasteiger partial charge in [-0.2, -0.15) is 5.10 Å². The molecule has 2 heterocycles. The number of esters is 1. The minimum Gasteiger partial charge on any atom is -0.469 e. The number of rotatable bonds is 3. The molecule has 21 heavy (non-hydrogen) atoms. The van der Waals surface area contributed by atoms with Gasteiger partial charge in [0.25, 0.3) is 0 Å². The third-order valence-electron chi connectivity index (χ3n) is 4.25. The molecule has 6 heteroatoms. The van der Waals surface area contributed by atoms with Crippen molar-refractivity contribution >= 4 is 11.6 Å². The van der Waals surface area contributed by atoms with Crippen molar-refractivity contribution < 1.29 is 9.53 Å². The van der Waals surface area contributed by atoms with Crippen molar-refractivity contribution in [2.45, 2.75) is 39.0 Å². The maximum absolute atomic E-state index is 11.5. The molecular formula is C15H20N4O2. The number of hydrogen-bond donors (Lipinski definition) is 0. The Kier molecular flexibility index (Phi) is 3.86. The lowest BCUT2D eigenvalue weighted by atomic mass is 9.80. The van der Waals surface area contributed by atoms with E-state index in [9.17, 15) is 4.79 Å². The molecule has 0 aromatic carbocycles. The second-order valence-corrected chi connectivity index (χ2v) is 5.78. The molecule has 1 aliphatic rings. The van der Waals surface area contributed by atoms with Gasteiger partial charge in [-0.25, -0.2) is 4.98 Å². The van der Waals surface area contributed by atoms with Gasteiger partial charge < -0.3 is 4.74 Å². The number of aromatic nitrogens is 4. The Balaban J connectivity index is 1.62. The summed E-state index contributed by atoms with van der Waals surface area (Å²) in [6, 6.07) is 3.98. The molecule has 1 aliphatic carbocycles. The Labute approximate surface area is 123 Å². The molecule has 112 valence electrons. The second kappa shape index (κ2) is 5.79. The van der Waals surface area contributed by atoms with Gasteiger partial charge in [0.2, 0.25) is 0 Å². The molecule has 2 aromatic rings. The van der Waals surface area contributed by atoms with Gasteiger partial charge in [0.15, 0.2) is 5.65 Å². The fraction of sp³-hybridized carbons (Fsp3) is 0.600. The third-order valence-corrected chi connectivity index (χ3v) is 4.25. The minimum atomic E-state index is -0.0638. The number of hydrogen-bond acceptors (Lipinski definition) is 5. The van der Waals surface area contributed by atoms with Crippen LogP contribution in [0.15, 0.2) is 12.1 Å². The normalized spacial score (nSPS) is 22.4. The van der Waals surface area contributed by atoms with Crippen LogP contribution in [-0.2, 0) is 16.0 Å². The first-order valence-corrected chi connectivity index (χ1v) is 7.43. The predicted molar refractivity (Wildman–Crippen MR) is 76.7 cm³/mol. The van der Waals surface area contributed by atoms with Crippen molar-refractivity contribution in [3.05, 3.63) is 23.7 Å². The van der Waals surface area contributed by atoms with Crippen molar-refractivity contribution in [2.75, 3.05) is 7.11 Å². The number of fused-ring (bicyclic) bond motifs is 1. The summed E-state index contributed by atoms with van der Waals surface area (Å²) in [6.45, 7) is 1.86. The Morgan fingerprint density at radius 3 is 2.76 bits per heavy atom. The van der Waals surface area contributed by atoms with Crippen LogP contribution in [0, 0.1) is 18.8 Å². The number of carbonyl (C=O) groups excluding carboxylic acids is 1. The molecule has 0 spiro atoms. The molecule has 0 aliphatic heterocycles. The molecule has 2 aromatic heterocycles. The van der Waals surface area contributed by atoms with Crippen LogP contribution in [0.4, 0.5) is 0 Å². The van der Waals surface area contributed by atoms with E-state index in [1.807, 2.05) is 19.1 Å². The first kappa shape index (κ1) is 14.0. The van der Waals surface area contributed by atoms with Crippen molar-refractivity contribution in [3.63, 3.8) is 0 Å². The SMILES string of the molecule is COC(=O)[C@H]1CC[C@H](Cc2ccc3nc(C)nn3n2)CC1. The summed E-state index contributed by atoms with van der Waals surface area (Å²) in [5.74, 6) is 1.34. The van der Waals surface area contributed by atoms with E-state index in [0.29, 0.717) is 5.92 Å². The van der Waals surface area contributed by atoms with Crippen LogP contribution in [-0.4, -0.2) is 32.9 Å². The van der Waals surface area contributed by atoms with Crippen LogP contribution in [0.2, 0.25) is 0 Å². The van der Waals surface area contributed by atoms with Gasteiger partial charge in [-0.15, -0.1) is 9.73 Å². The third kappa shape index (κ3) is 3.04. The zero-order valence-electron chi connectivity index (χ0n) is 12.5. The van der Waals surface area contributed by atoms with Gasteiger partial charge in [-0.05, 0) is 57.1 Å². The van der Waals surface area contributed by atoms with Crippen molar-refractivity contribution in [1.82, 2.24) is 19.8 Å². The topological polar surface area (TPSA) is 69.4 Å². The molecule has 0 amide bonds. The van der Waals surface area contributed by atoms with Gasteiger partial charge >= 0.3 is 5.97 Å². The zero-order chi connectivity index (χ0) is 14.8. The average molecular weight is 288 g/mol. The highest BCUT2D eigenvalue weighted by atomic mass is 16.5. The lowest BCUT2D eigenvalue weighted by Gasteiger charge is -2.26. The maximum Gasteiger partial charge on any atom is 0.308 e. The summed E-state index contributed by atoms with van der Waals surface area (Å²) in [5.41, 5.74) is 1.82. The smallest absolute Gasteiger partial charge is 0.308 e. The fourth-order valence-electron chi connectivity index (χ4n) is 3.10. The highest BCUT2D eigenvalue weighted by molar-refractivity contribution is 5.72. The van der Waals surface area contributed by atoms with E-state index < -0.39 is 0 Å². The molecule has 3 rings (SSSR count). The molecule has 0 N–H and O–H groups in total. The van der Waals surface area contributed by atoms with Gasteiger partial charge in [-0.3, -0.25) is 4.79 Å². The molecule has 1 saturated carbocycles. The Morgan fingerprint density at radius 2 is 2.05 bits per heavy atom. The fourth-order valence-corrected chi connectivity index (χ4v) is 3.10. The van der Waals surface area contributed by atoms with Crippen LogP contribution < -0.4 is 0 Å². The number of aryl methyl sites for hydroxylation is 1. The van der Waals surface area contributed by atoms with E-state index in [4.69, 9.17) is 4.74 Å². The largest absolute Gasteiger partial charge is 0.469 e. The first-order valence-electron chi connectivity index (χ1n) is 7.43. The molecule has 0 radical (unpaired) electrons. The molecule has 0 saturated heterocycles. The molecule has 0 atom stereocenters. The highest BCUT2D eigenvalue weighted by Crippen LogP contribution is 2.31. The Bertz CT molecular complexity index is 644. The summed E-state index contributed by atoms with van der Waals surface area (Å²) < 4.78 is 6.43. The summed E-state index contributed by atoms with van der Waals surface area (Å²) in [6.07, 6.45) is 4.87. The van der Waals surface area contributed by atoms with E-state index >= 15 is 0 Å². The second-order valence-electron chi connectivity index (χ2n) is 5.78. The highest BCUT2D eigenvalue weighted by Gasteiger charge is 2.27. The van der Waals surface area contributed by atoms with E-state index in [1.165, 1.54) is 7.11 Å². The summed E-state index contributed by atoms with van der Waals surface area (Å²) in [5, 5.41) is 8.76. The van der Waals surface area contributed by atoms with Gasteiger partial charge in [0, 0.05) is 0 Å². The van der Waals surface area contributed by atoms with E-state index in [0.717, 1.165) is 49.3 Å². The van der Waals surface area contributed by atoms with Gasteiger partial charge in [0.05, 0.1) is 18.7 Å². The monoisotopic (exact) mass is 288 g/mol. The number of methoxy groups -OCH3 is 1. The summed E-state index contributed by atoms with van der Waals surface area (Å²) in [7, 11) is 1.47. The van der Waals surface area contributed by atoms with Gasteiger partial charge in [-0.1, -0.05) is 0 Å². The first-order chi connectivity index (χ1) is 10.2. The summed E-state index contributed by atoms with van der Waals surface area (Å²) >= 11 is 0. The van der Waals surface area contributed by atoms with Crippen LogP contribution in [0.5, 0.6) is 0 Å². The quantitative estimate of drug-likeness (QED) is 0.807. The molecule has 0 bridgehead atoms. The Hall–Kier alpha value is -1.98. The van der Waals surface area contributed by atoms with Crippen LogP contribution >= 0.6 is 0 Å². The lowest BCUT2D eigenvalue weighted by Crippen LogP contribution is -2.24. The summed E-state index contributed by atoms with van der Waals surface area (Å²) in [4.78, 5) is 15.8. The van der Waals surface area contributed by atoms with Crippen LogP contribution in [0.1, 0.15) is 37.2 Å². The van der Waals surface area contributed by atoms with Crippen LogP contribution in [0.3, 0.4) is 0 Å². The number of ether oxygens (including phenoxy) is 1. The van der Waals surface area contributed by atoms with Crippen LogP contribution in [0.25, 0.3) is 5.65 Å². The van der Waals surface area contributed by atoms with E-state index in [-0.39, 0.29) is 11.9 Å². The molecular weight excluding hydrogens is 268 g/mol. The number of nitrogens with zero attached hydrogens (tertiary/aromatic N) is 4. The minimum absolute atomic E-state index is 0.0638. The zero-order valence-corrected chi connectivity index (χ0v) is 12.5. The maximum atomic E-state index is 11.5. The van der Waals surface area contributed by atoms with Crippen molar-refractivity contribution in [2.24, 2.45) is 11.8 Å². The van der Waals surface area contributed by atoms with Crippen molar-refractivity contribution in [3.8, 4) is 0 Å². The standard InChI is InChI=1S/C15H20N4O2/c1-10-16-14-8-7-13(18-19(14)17-10)9-11-3-5-12(6-4-11)15(20)21-2/h7-8,11-12H,3-6,9H2,1-2H3/t11-,12-. The predicted octanol–water partition coefficient (Wildman–Crippen LogP) is 1.95. The molecule has 0 unspecified atom stereocenters. The molecule has 1 fully saturated rings. The molecule has 6 nitrogen and oxygen atoms in total. The van der Waals surface area contributed by atoms with E-state index in [1.54, 1.807) is 4.63 Å². The van der Waals surface area contributed by atoms with Gasteiger partial charge in [0.1, 0.15) is 5.82 Å². The number of carbonyl (C=O) groups is 1.